The predicted octanol–water partition coefficient (Wildman–Crippen LogP) is 0.214. The molecule has 0 saturated heterocycles. The maximum Gasteiger partial charge on any atom is 0.342 e. The number of carboxylic acid groups (broad SMARTS) is 1. The molecule has 0 spiro atoms. The van der Waals surface area contributed by atoms with Crippen LogP contribution < -0.4 is 5.32 Å². The fourth-order valence-electron chi connectivity index (χ4n) is 0.986. The molecule has 0 aliphatic heterocycles. The fraction of sp³-hybridized carbons (Fsp3) is 0.556. The zero-order valence-electron chi connectivity index (χ0n) is 8.29. The molecule has 4 heteroatoms. The SMILES string of the molecule is C[NH2+]/C=C(\C(=N)CC(C)C)C(=O)O. The van der Waals surface area contributed by atoms with Gasteiger partial charge in [0.15, 0.2) is 0 Å². The summed E-state index contributed by atoms with van der Waals surface area (Å²) >= 11 is 0. The van der Waals surface area contributed by atoms with Crippen LogP contribution in [0.2, 0.25) is 0 Å². The van der Waals surface area contributed by atoms with Gasteiger partial charge in [-0.2, -0.15) is 0 Å². The fourth-order valence-corrected chi connectivity index (χ4v) is 0.986. The second-order valence-corrected chi connectivity index (χ2v) is 3.30. The van der Waals surface area contributed by atoms with E-state index >= 15 is 0 Å². The van der Waals surface area contributed by atoms with Crippen LogP contribution in [0, 0.1) is 11.3 Å². The lowest BCUT2D eigenvalue weighted by atomic mass is 10.0. The van der Waals surface area contributed by atoms with Crippen LogP contribution in [-0.2, 0) is 4.79 Å². The van der Waals surface area contributed by atoms with Gasteiger partial charge in [-0.1, -0.05) is 13.8 Å². The van der Waals surface area contributed by atoms with Gasteiger partial charge in [0.1, 0.15) is 11.8 Å². The molecule has 0 heterocycles. The maximum absolute atomic E-state index is 10.7. The summed E-state index contributed by atoms with van der Waals surface area (Å²) in [5.74, 6) is -0.712. The van der Waals surface area contributed by atoms with Crippen molar-refractivity contribution in [2.45, 2.75) is 20.3 Å². The first-order chi connectivity index (χ1) is 5.99. The lowest BCUT2D eigenvalue weighted by Gasteiger charge is -2.05. The first kappa shape index (κ1) is 11.8. The van der Waals surface area contributed by atoms with Crippen molar-refractivity contribution in [3.8, 4) is 0 Å². The normalized spacial score (nSPS) is 11.8. The number of hydrogen-bond donors (Lipinski definition) is 3. The molecule has 0 unspecified atom stereocenters. The predicted molar refractivity (Wildman–Crippen MR) is 50.7 cm³/mol. The highest BCUT2D eigenvalue weighted by Crippen LogP contribution is 2.06. The van der Waals surface area contributed by atoms with Gasteiger partial charge in [-0.25, -0.2) is 4.79 Å². The molecule has 4 N–H and O–H groups in total. The average molecular weight is 185 g/mol. The Labute approximate surface area is 78.2 Å². The molecule has 0 fully saturated rings. The molecular formula is C9H17N2O2+. The summed E-state index contributed by atoms with van der Waals surface area (Å²) in [5.41, 5.74) is 0.289. The first-order valence-electron chi connectivity index (χ1n) is 4.29. The third kappa shape index (κ3) is 4.42. The summed E-state index contributed by atoms with van der Waals surface area (Å²) in [6.45, 7) is 3.92. The van der Waals surface area contributed by atoms with Crippen molar-refractivity contribution in [2.75, 3.05) is 7.05 Å². The van der Waals surface area contributed by atoms with Crippen molar-refractivity contribution in [3.63, 3.8) is 0 Å². The molecule has 0 radical (unpaired) electrons. The Hall–Kier alpha value is -1.16. The molecule has 0 bridgehead atoms. The van der Waals surface area contributed by atoms with Gasteiger partial charge in [0.25, 0.3) is 0 Å². The van der Waals surface area contributed by atoms with Crippen LogP contribution in [0.25, 0.3) is 0 Å². The average Bonchev–Trinajstić information content (AvgIpc) is 1.97. The topological polar surface area (TPSA) is 77.8 Å². The zero-order valence-corrected chi connectivity index (χ0v) is 8.29. The van der Waals surface area contributed by atoms with Gasteiger partial charge in [-0.05, 0) is 12.3 Å². The third-order valence-electron chi connectivity index (χ3n) is 1.50. The Morgan fingerprint density at radius 2 is 2.15 bits per heavy atom. The standard InChI is InChI=1S/C9H16N2O2/c1-6(2)4-8(10)7(5-11-3)9(12)13/h5-6,10-11H,4H2,1-3H3,(H,12,13)/p+1/b7-5+,10-8?. The van der Waals surface area contributed by atoms with E-state index in [-0.39, 0.29) is 11.3 Å². The largest absolute Gasteiger partial charge is 0.477 e. The zero-order chi connectivity index (χ0) is 10.4. The molecule has 0 aromatic rings. The van der Waals surface area contributed by atoms with Gasteiger partial charge in [0.2, 0.25) is 0 Å². The quantitative estimate of drug-likeness (QED) is 0.423. The Kier molecular flexibility index (Phi) is 4.99. The van der Waals surface area contributed by atoms with Crippen LogP contribution in [0.4, 0.5) is 0 Å². The molecule has 13 heavy (non-hydrogen) atoms. The summed E-state index contributed by atoms with van der Waals surface area (Å²) in [5, 5.41) is 17.9. The summed E-state index contributed by atoms with van der Waals surface area (Å²) in [6.07, 6.45) is 1.97. The minimum absolute atomic E-state index is 0.0937. The third-order valence-corrected chi connectivity index (χ3v) is 1.50. The molecule has 0 rings (SSSR count). The van der Waals surface area contributed by atoms with Crippen LogP contribution in [-0.4, -0.2) is 23.8 Å². The highest BCUT2D eigenvalue weighted by Gasteiger charge is 2.15. The van der Waals surface area contributed by atoms with Crippen LogP contribution in [0.1, 0.15) is 20.3 Å². The number of nitrogens with two attached hydrogens (primary N) is 1. The number of hydrogen-bond acceptors (Lipinski definition) is 2. The summed E-state index contributed by atoms with van der Waals surface area (Å²) < 4.78 is 0. The van der Waals surface area contributed by atoms with E-state index in [9.17, 15) is 4.79 Å². The molecule has 0 atom stereocenters. The van der Waals surface area contributed by atoms with Crippen molar-refractivity contribution in [3.05, 3.63) is 11.8 Å². The van der Waals surface area contributed by atoms with Crippen molar-refractivity contribution < 1.29 is 15.2 Å². The smallest absolute Gasteiger partial charge is 0.342 e. The number of quaternary nitrogens is 1. The summed E-state index contributed by atoms with van der Waals surface area (Å²) in [6, 6.07) is 0. The van der Waals surface area contributed by atoms with Crippen LogP contribution in [0.15, 0.2) is 11.8 Å². The number of carboxylic acids is 1. The molecule has 74 valence electrons. The van der Waals surface area contributed by atoms with E-state index in [1.165, 1.54) is 6.20 Å². The van der Waals surface area contributed by atoms with Crippen molar-refractivity contribution in [1.82, 2.24) is 0 Å². The van der Waals surface area contributed by atoms with E-state index in [1.54, 1.807) is 12.4 Å². The Bertz CT molecular complexity index is 232. The second-order valence-electron chi connectivity index (χ2n) is 3.30. The molecule has 0 amide bonds. The number of carbonyl (C=O) groups is 1. The summed E-state index contributed by atoms with van der Waals surface area (Å²) in [4.78, 5) is 10.7. The molecule has 0 aromatic heterocycles. The van der Waals surface area contributed by atoms with Crippen LogP contribution >= 0.6 is 0 Å². The van der Waals surface area contributed by atoms with Gasteiger partial charge in [-0.15, -0.1) is 0 Å². The molecule has 4 nitrogen and oxygen atoms in total. The monoisotopic (exact) mass is 185 g/mol. The summed E-state index contributed by atoms with van der Waals surface area (Å²) in [7, 11) is 1.74. The minimum atomic E-state index is -1.02. The number of aliphatic carboxylic acids is 1. The van der Waals surface area contributed by atoms with E-state index in [4.69, 9.17) is 10.5 Å². The van der Waals surface area contributed by atoms with Crippen molar-refractivity contribution in [1.29, 1.82) is 5.41 Å². The Morgan fingerprint density at radius 1 is 1.62 bits per heavy atom. The molecule has 0 aromatic carbocycles. The van der Waals surface area contributed by atoms with Gasteiger partial charge in [0.05, 0.1) is 12.8 Å². The van der Waals surface area contributed by atoms with E-state index in [2.05, 4.69) is 0 Å². The minimum Gasteiger partial charge on any atom is -0.477 e. The first-order valence-corrected chi connectivity index (χ1v) is 4.29. The van der Waals surface area contributed by atoms with E-state index < -0.39 is 5.97 Å². The van der Waals surface area contributed by atoms with E-state index in [0.29, 0.717) is 12.3 Å². The van der Waals surface area contributed by atoms with Crippen LogP contribution in [0.5, 0.6) is 0 Å². The van der Waals surface area contributed by atoms with Gasteiger partial charge < -0.3 is 15.8 Å². The second kappa shape index (κ2) is 5.48. The highest BCUT2D eigenvalue weighted by atomic mass is 16.4. The van der Waals surface area contributed by atoms with E-state index in [0.717, 1.165) is 0 Å². The van der Waals surface area contributed by atoms with Gasteiger partial charge >= 0.3 is 5.97 Å². The van der Waals surface area contributed by atoms with Crippen molar-refractivity contribution >= 4 is 11.7 Å². The molecule has 0 aliphatic rings. The van der Waals surface area contributed by atoms with Gasteiger partial charge in [0, 0.05) is 0 Å². The van der Waals surface area contributed by atoms with E-state index in [1.807, 2.05) is 13.8 Å². The Balaban J connectivity index is 4.48. The van der Waals surface area contributed by atoms with Gasteiger partial charge in [-0.3, -0.25) is 0 Å². The maximum atomic E-state index is 10.7. The molecule has 0 saturated carbocycles. The molecule has 0 aliphatic carbocycles. The number of nitrogens with one attached hydrogen (secondary N) is 1. The number of rotatable bonds is 5. The lowest BCUT2D eigenvalue weighted by Crippen LogP contribution is -2.73. The molecular weight excluding hydrogens is 168 g/mol. The highest BCUT2D eigenvalue weighted by molar-refractivity contribution is 6.17. The lowest BCUT2D eigenvalue weighted by molar-refractivity contribution is -0.556. The van der Waals surface area contributed by atoms with Crippen LogP contribution in [0.3, 0.4) is 0 Å². The Morgan fingerprint density at radius 3 is 2.46 bits per heavy atom. The van der Waals surface area contributed by atoms with Crippen molar-refractivity contribution in [2.24, 2.45) is 5.92 Å².